The molecule has 0 aliphatic heterocycles. The molecule has 6 aromatic rings. The fourth-order valence-electron chi connectivity index (χ4n) is 4.93. The summed E-state index contributed by atoms with van der Waals surface area (Å²) in [5.74, 6) is -0.206. The number of carbonyl (C=O) groups excluding carboxylic acids is 2. The summed E-state index contributed by atoms with van der Waals surface area (Å²) in [7, 11) is 2.74. The SMILES string of the molecule is COC(=O)c1ccc(-c2cc(-c3ccc(C(=O)OC)cc3)c3c4ccccc4n(-c4ncccn4)c3c2)cc1. The molecule has 4 aromatic carbocycles. The number of carbonyl (C=O) groups is 2. The molecule has 0 saturated carbocycles. The average molecular weight is 514 g/mol. The molecule has 0 N–H and O–H groups in total. The van der Waals surface area contributed by atoms with E-state index in [1.54, 1.807) is 42.7 Å². The molecule has 6 rings (SSSR count). The highest BCUT2D eigenvalue weighted by Gasteiger charge is 2.19. The standard InChI is InChI=1S/C32H23N3O4/c1-38-30(36)22-12-8-20(9-13-22)24-18-26(21-10-14-23(15-11-21)31(37)39-2)29-25-6-3-4-7-27(25)35(28(29)19-24)32-33-16-5-17-34-32/h3-19H,1-2H3. The second-order valence-corrected chi connectivity index (χ2v) is 8.96. The number of esters is 2. The number of benzene rings is 4. The molecule has 39 heavy (non-hydrogen) atoms. The van der Waals surface area contributed by atoms with Crippen LogP contribution in [0, 0.1) is 0 Å². The van der Waals surface area contributed by atoms with Gasteiger partial charge in [-0.3, -0.25) is 4.57 Å². The summed E-state index contributed by atoms with van der Waals surface area (Å²) >= 11 is 0. The Balaban J connectivity index is 1.66. The first kappa shape index (κ1) is 24.1. The molecule has 0 amide bonds. The van der Waals surface area contributed by atoms with Crippen LogP contribution in [-0.2, 0) is 9.47 Å². The van der Waals surface area contributed by atoms with Crippen molar-refractivity contribution in [1.82, 2.24) is 14.5 Å². The van der Waals surface area contributed by atoms with Gasteiger partial charge in [-0.15, -0.1) is 0 Å². The van der Waals surface area contributed by atoms with Crippen LogP contribution < -0.4 is 0 Å². The molecule has 0 unspecified atom stereocenters. The first-order valence-corrected chi connectivity index (χ1v) is 12.3. The lowest BCUT2D eigenvalue weighted by Crippen LogP contribution is -2.01. The van der Waals surface area contributed by atoms with E-state index in [9.17, 15) is 9.59 Å². The van der Waals surface area contributed by atoms with Gasteiger partial charge in [-0.05, 0) is 70.8 Å². The van der Waals surface area contributed by atoms with Gasteiger partial charge in [0.1, 0.15) is 0 Å². The Bertz CT molecular complexity index is 1840. The molecule has 2 heterocycles. The molecule has 0 bridgehead atoms. The number of fused-ring (bicyclic) bond motifs is 3. The second-order valence-electron chi connectivity index (χ2n) is 8.96. The third-order valence-corrected chi connectivity index (χ3v) is 6.78. The van der Waals surface area contributed by atoms with Gasteiger partial charge < -0.3 is 9.47 Å². The number of hydrogen-bond donors (Lipinski definition) is 0. The normalized spacial score (nSPS) is 11.0. The fraction of sp³-hybridized carbons (Fsp3) is 0.0625. The molecule has 7 nitrogen and oxygen atoms in total. The maximum absolute atomic E-state index is 12.1. The van der Waals surface area contributed by atoms with Gasteiger partial charge in [-0.2, -0.15) is 0 Å². The summed E-state index contributed by atoms with van der Waals surface area (Å²) in [6, 6.07) is 28.9. The van der Waals surface area contributed by atoms with E-state index >= 15 is 0 Å². The van der Waals surface area contributed by atoms with E-state index in [0.29, 0.717) is 17.1 Å². The highest BCUT2D eigenvalue weighted by Crippen LogP contribution is 2.41. The molecular formula is C32H23N3O4. The van der Waals surface area contributed by atoms with Crippen molar-refractivity contribution in [2.75, 3.05) is 14.2 Å². The zero-order valence-electron chi connectivity index (χ0n) is 21.3. The summed E-state index contributed by atoms with van der Waals surface area (Å²) in [4.78, 5) is 33.2. The minimum atomic E-state index is -0.385. The van der Waals surface area contributed by atoms with E-state index in [0.717, 1.165) is 44.1 Å². The van der Waals surface area contributed by atoms with Crippen molar-refractivity contribution in [3.63, 3.8) is 0 Å². The predicted molar refractivity (Wildman–Crippen MR) is 150 cm³/mol. The van der Waals surface area contributed by atoms with Gasteiger partial charge in [-0.25, -0.2) is 19.6 Å². The Kier molecular flexibility index (Phi) is 6.09. The predicted octanol–water partition coefficient (Wildman–Crippen LogP) is 6.48. The molecule has 0 radical (unpaired) electrons. The van der Waals surface area contributed by atoms with E-state index in [1.165, 1.54) is 14.2 Å². The van der Waals surface area contributed by atoms with Gasteiger partial charge in [0.15, 0.2) is 0 Å². The number of nitrogens with zero attached hydrogens (tertiary/aromatic N) is 3. The molecule has 190 valence electrons. The minimum Gasteiger partial charge on any atom is -0.465 e. The van der Waals surface area contributed by atoms with Crippen LogP contribution in [0.5, 0.6) is 0 Å². The Morgan fingerprint density at radius 2 is 1.23 bits per heavy atom. The minimum absolute atomic E-state index is 0.385. The van der Waals surface area contributed by atoms with Gasteiger partial charge in [0, 0.05) is 23.2 Å². The lowest BCUT2D eigenvalue weighted by molar-refractivity contribution is 0.0592. The van der Waals surface area contributed by atoms with Crippen LogP contribution in [0.15, 0.2) is 103 Å². The maximum Gasteiger partial charge on any atom is 0.337 e. The van der Waals surface area contributed by atoms with Crippen molar-refractivity contribution >= 4 is 33.7 Å². The van der Waals surface area contributed by atoms with Crippen molar-refractivity contribution in [2.24, 2.45) is 0 Å². The largest absolute Gasteiger partial charge is 0.465 e. The number of aromatic nitrogens is 3. The second kappa shape index (κ2) is 9.87. The summed E-state index contributed by atoms with van der Waals surface area (Å²) in [6.07, 6.45) is 3.45. The summed E-state index contributed by atoms with van der Waals surface area (Å²) < 4.78 is 11.8. The van der Waals surface area contributed by atoms with Gasteiger partial charge >= 0.3 is 11.9 Å². The van der Waals surface area contributed by atoms with E-state index in [2.05, 4.69) is 38.8 Å². The van der Waals surface area contributed by atoms with Crippen LogP contribution >= 0.6 is 0 Å². The number of hydrogen-bond acceptors (Lipinski definition) is 6. The molecule has 0 aliphatic rings. The molecule has 0 saturated heterocycles. The van der Waals surface area contributed by atoms with E-state index in [4.69, 9.17) is 9.47 Å². The molecule has 7 heteroatoms. The maximum atomic E-state index is 12.1. The average Bonchev–Trinajstić information content (AvgIpc) is 3.34. The van der Waals surface area contributed by atoms with Crippen molar-refractivity contribution in [2.45, 2.75) is 0 Å². The van der Waals surface area contributed by atoms with Crippen LogP contribution in [0.4, 0.5) is 0 Å². The monoisotopic (exact) mass is 513 g/mol. The van der Waals surface area contributed by atoms with Crippen LogP contribution in [0.3, 0.4) is 0 Å². The molecular weight excluding hydrogens is 490 g/mol. The molecule has 0 spiro atoms. The van der Waals surface area contributed by atoms with Gasteiger partial charge in [0.25, 0.3) is 0 Å². The number of ether oxygens (including phenoxy) is 2. The zero-order chi connectivity index (χ0) is 26.9. The highest BCUT2D eigenvalue weighted by molar-refractivity contribution is 6.16. The van der Waals surface area contributed by atoms with Gasteiger partial charge in [0.2, 0.25) is 5.95 Å². The van der Waals surface area contributed by atoms with E-state index in [1.807, 2.05) is 36.4 Å². The van der Waals surface area contributed by atoms with E-state index < -0.39 is 0 Å². The van der Waals surface area contributed by atoms with Crippen molar-refractivity contribution in [3.05, 3.63) is 115 Å². The third kappa shape index (κ3) is 4.20. The van der Waals surface area contributed by atoms with Crippen molar-refractivity contribution < 1.29 is 19.1 Å². The Hall–Kier alpha value is -5.30. The summed E-state index contributed by atoms with van der Waals surface area (Å²) in [5, 5.41) is 2.10. The first-order chi connectivity index (χ1) is 19.1. The van der Waals surface area contributed by atoms with E-state index in [-0.39, 0.29) is 11.9 Å². The molecule has 0 fully saturated rings. The topological polar surface area (TPSA) is 83.3 Å². The van der Waals surface area contributed by atoms with Crippen LogP contribution in [-0.4, -0.2) is 40.7 Å². The molecule has 0 atom stereocenters. The lowest BCUT2D eigenvalue weighted by atomic mass is 9.93. The van der Waals surface area contributed by atoms with Crippen molar-refractivity contribution in [3.8, 4) is 28.2 Å². The van der Waals surface area contributed by atoms with Crippen molar-refractivity contribution in [1.29, 1.82) is 0 Å². The van der Waals surface area contributed by atoms with Crippen LogP contribution in [0.25, 0.3) is 50.0 Å². The Labute approximate surface area is 224 Å². The van der Waals surface area contributed by atoms with Crippen LogP contribution in [0.1, 0.15) is 20.7 Å². The van der Waals surface area contributed by atoms with Gasteiger partial charge in [-0.1, -0.05) is 42.5 Å². The fourth-order valence-corrected chi connectivity index (χ4v) is 4.93. The first-order valence-electron chi connectivity index (χ1n) is 12.3. The molecule has 2 aromatic heterocycles. The Morgan fingerprint density at radius 1 is 0.641 bits per heavy atom. The Morgan fingerprint density at radius 3 is 1.85 bits per heavy atom. The smallest absolute Gasteiger partial charge is 0.337 e. The third-order valence-electron chi connectivity index (χ3n) is 6.78. The number of methoxy groups -OCH3 is 2. The quantitative estimate of drug-likeness (QED) is 0.245. The summed E-state index contributed by atoms with van der Waals surface area (Å²) in [5.41, 5.74) is 6.68. The highest BCUT2D eigenvalue weighted by atomic mass is 16.5. The summed E-state index contributed by atoms with van der Waals surface area (Å²) in [6.45, 7) is 0. The molecule has 0 aliphatic carbocycles. The zero-order valence-corrected chi connectivity index (χ0v) is 21.3. The number of rotatable bonds is 5. The van der Waals surface area contributed by atoms with Gasteiger partial charge in [0.05, 0.1) is 36.4 Å². The van der Waals surface area contributed by atoms with Crippen LogP contribution in [0.2, 0.25) is 0 Å². The number of para-hydroxylation sites is 1. The lowest BCUT2D eigenvalue weighted by Gasteiger charge is -2.12.